The topological polar surface area (TPSA) is 72.7 Å². The van der Waals surface area contributed by atoms with Gasteiger partial charge in [-0.3, -0.25) is 4.79 Å². The van der Waals surface area contributed by atoms with Crippen molar-refractivity contribution < 1.29 is 4.79 Å². The second-order valence-electron chi connectivity index (χ2n) is 5.18. The van der Waals surface area contributed by atoms with Gasteiger partial charge in [-0.05, 0) is 38.1 Å². The number of amides is 1. The molecule has 1 N–H and O–H groups in total. The van der Waals surface area contributed by atoms with Crippen molar-refractivity contribution in [1.82, 2.24) is 25.1 Å². The second kappa shape index (κ2) is 6.39. The number of nitrogens with one attached hydrogen (secondary N) is 1. The molecule has 2 heterocycles. The largest absolute Gasteiger partial charge is 0.342 e. The highest BCUT2D eigenvalue weighted by Crippen LogP contribution is 2.15. The molecule has 0 radical (unpaired) electrons. The molecule has 1 amide bonds. The predicted molar refractivity (Wildman–Crippen MR) is 86.2 cm³/mol. The molecule has 0 fully saturated rings. The first-order chi connectivity index (χ1) is 11.1. The number of pyridine rings is 1. The molecule has 0 aliphatic rings. The molecule has 0 aliphatic heterocycles. The summed E-state index contributed by atoms with van der Waals surface area (Å²) in [5.41, 5.74) is 0.611. The highest BCUT2D eigenvalue weighted by atomic mass is 16.1. The molecule has 116 valence electrons. The Morgan fingerprint density at radius 1 is 1.13 bits per heavy atom. The van der Waals surface area contributed by atoms with E-state index in [2.05, 4.69) is 20.4 Å². The van der Waals surface area contributed by atoms with E-state index in [0.717, 1.165) is 0 Å². The average molecular weight is 307 g/mol. The lowest BCUT2D eigenvalue weighted by Crippen LogP contribution is -2.28. The molecule has 23 heavy (non-hydrogen) atoms. The third-order valence-corrected chi connectivity index (χ3v) is 3.38. The molecular weight excluding hydrogens is 290 g/mol. The number of carbonyl (C=O) groups excluding carboxylic acids is 1. The molecule has 0 saturated carbocycles. The number of rotatable bonds is 4. The molecule has 0 bridgehead atoms. The Bertz CT molecular complexity index is 798. The van der Waals surface area contributed by atoms with Crippen LogP contribution >= 0.6 is 0 Å². The van der Waals surface area contributed by atoms with Crippen LogP contribution in [0.4, 0.5) is 0 Å². The lowest BCUT2D eigenvalue weighted by Gasteiger charge is -2.14. The van der Waals surface area contributed by atoms with E-state index >= 15 is 0 Å². The zero-order chi connectivity index (χ0) is 16.2. The first-order valence-electron chi connectivity index (χ1n) is 7.36. The van der Waals surface area contributed by atoms with E-state index in [0.29, 0.717) is 23.0 Å². The van der Waals surface area contributed by atoms with Crippen molar-refractivity contribution >= 4 is 5.91 Å². The van der Waals surface area contributed by atoms with E-state index in [1.54, 1.807) is 23.0 Å². The number of benzene rings is 1. The van der Waals surface area contributed by atoms with Gasteiger partial charge in [0.1, 0.15) is 5.82 Å². The van der Waals surface area contributed by atoms with Gasteiger partial charge in [0, 0.05) is 11.8 Å². The van der Waals surface area contributed by atoms with E-state index < -0.39 is 0 Å². The maximum absolute atomic E-state index is 12.3. The Morgan fingerprint density at radius 3 is 2.57 bits per heavy atom. The summed E-state index contributed by atoms with van der Waals surface area (Å²) < 4.78 is 1.66. The Hall–Kier alpha value is -3.02. The Kier molecular flexibility index (Phi) is 4.14. The quantitative estimate of drug-likeness (QED) is 0.803. The monoisotopic (exact) mass is 307 g/mol. The zero-order valence-corrected chi connectivity index (χ0v) is 13.0. The van der Waals surface area contributed by atoms with Crippen LogP contribution in [0.1, 0.15) is 35.0 Å². The Labute approximate surface area is 134 Å². The van der Waals surface area contributed by atoms with Gasteiger partial charge in [0.05, 0.1) is 6.04 Å². The molecule has 3 aromatic rings. The van der Waals surface area contributed by atoms with Crippen molar-refractivity contribution in [1.29, 1.82) is 0 Å². The van der Waals surface area contributed by atoms with E-state index in [1.165, 1.54) is 0 Å². The first-order valence-corrected chi connectivity index (χ1v) is 7.36. The van der Waals surface area contributed by atoms with Crippen LogP contribution in [0.15, 0.2) is 54.7 Å². The molecular formula is C17H17N5O. The molecule has 1 aromatic carbocycles. The standard InChI is InChI=1S/C17H17N5O/c1-12(19-17(23)14-8-4-3-5-9-14)16-20-13(2)21-22(16)15-10-6-7-11-18-15/h3-12H,1-2H3,(H,19,23). The molecule has 6 nitrogen and oxygen atoms in total. The van der Waals surface area contributed by atoms with Crippen LogP contribution in [0.3, 0.4) is 0 Å². The summed E-state index contributed by atoms with van der Waals surface area (Å²) in [6, 6.07) is 14.4. The summed E-state index contributed by atoms with van der Waals surface area (Å²) in [5, 5.41) is 7.32. The highest BCUT2D eigenvalue weighted by molar-refractivity contribution is 5.94. The summed E-state index contributed by atoms with van der Waals surface area (Å²) in [5.74, 6) is 1.80. The number of aromatic nitrogens is 4. The van der Waals surface area contributed by atoms with E-state index in [1.807, 2.05) is 50.2 Å². The molecule has 3 rings (SSSR count). The van der Waals surface area contributed by atoms with Crippen LogP contribution in [-0.4, -0.2) is 25.7 Å². The number of carbonyl (C=O) groups is 1. The van der Waals surface area contributed by atoms with Crippen LogP contribution in [0.5, 0.6) is 0 Å². The number of nitrogens with zero attached hydrogens (tertiary/aromatic N) is 4. The van der Waals surface area contributed by atoms with Crippen LogP contribution in [0.25, 0.3) is 5.82 Å². The van der Waals surface area contributed by atoms with Gasteiger partial charge in [-0.2, -0.15) is 4.68 Å². The van der Waals surface area contributed by atoms with Gasteiger partial charge in [-0.15, -0.1) is 5.10 Å². The van der Waals surface area contributed by atoms with Crippen molar-refractivity contribution in [3.05, 3.63) is 71.9 Å². The minimum atomic E-state index is -0.300. The number of hydrogen-bond donors (Lipinski definition) is 1. The van der Waals surface area contributed by atoms with E-state index in [9.17, 15) is 4.79 Å². The summed E-state index contributed by atoms with van der Waals surface area (Å²) in [6.45, 7) is 3.69. The minimum Gasteiger partial charge on any atom is -0.342 e. The summed E-state index contributed by atoms with van der Waals surface area (Å²) in [6.07, 6.45) is 1.70. The smallest absolute Gasteiger partial charge is 0.251 e. The van der Waals surface area contributed by atoms with E-state index in [4.69, 9.17) is 0 Å². The normalized spacial score (nSPS) is 11.9. The lowest BCUT2D eigenvalue weighted by molar-refractivity contribution is 0.0938. The third-order valence-electron chi connectivity index (χ3n) is 3.38. The van der Waals surface area contributed by atoms with Crippen molar-refractivity contribution in [2.45, 2.75) is 19.9 Å². The number of aryl methyl sites for hydroxylation is 1. The molecule has 0 spiro atoms. The van der Waals surface area contributed by atoms with Crippen LogP contribution in [-0.2, 0) is 0 Å². The average Bonchev–Trinajstić information content (AvgIpc) is 2.98. The molecule has 0 aliphatic carbocycles. The van der Waals surface area contributed by atoms with Crippen molar-refractivity contribution in [3.8, 4) is 5.82 Å². The summed E-state index contributed by atoms with van der Waals surface area (Å²) >= 11 is 0. The first kappa shape index (κ1) is 14.9. The maximum Gasteiger partial charge on any atom is 0.251 e. The van der Waals surface area contributed by atoms with Crippen LogP contribution in [0, 0.1) is 6.92 Å². The molecule has 6 heteroatoms. The SMILES string of the molecule is Cc1nc(C(C)NC(=O)c2ccccc2)n(-c2ccccn2)n1. The summed E-state index contributed by atoms with van der Waals surface area (Å²) in [4.78, 5) is 21.0. The van der Waals surface area contributed by atoms with Crippen LogP contribution < -0.4 is 5.32 Å². The van der Waals surface area contributed by atoms with Gasteiger partial charge in [0.15, 0.2) is 11.6 Å². The van der Waals surface area contributed by atoms with Gasteiger partial charge in [0.25, 0.3) is 5.91 Å². The van der Waals surface area contributed by atoms with Crippen LogP contribution in [0.2, 0.25) is 0 Å². The van der Waals surface area contributed by atoms with Crippen molar-refractivity contribution in [2.24, 2.45) is 0 Å². The fourth-order valence-corrected chi connectivity index (χ4v) is 2.29. The fourth-order valence-electron chi connectivity index (χ4n) is 2.29. The molecule has 0 saturated heterocycles. The van der Waals surface area contributed by atoms with Gasteiger partial charge in [-0.25, -0.2) is 9.97 Å². The minimum absolute atomic E-state index is 0.147. The third kappa shape index (κ3) is 3.26. The Morgan fingerprint density at radius 2 is 1.87 bits per heavy atom. The van der Waals surface area contributed by atoms with Gasteiger partial charge < -0.3 is 5.32 Å². The fraction of sp³-hybridized carbons (Fsp3) is 0.176. The summed E-state index contributed by atoms with van der Waals surface area (Å²) in [7, 11) is 0. The van der Waals surface area contributed by atoms with Gasteiger partial charge in [0.2, 0.25) is 0 Å². The van der Waals surface area contributed by atoms with Crippen molar-refractivity contribution in [2.75, 3.05) is 0 Å². The van der Waals surface area contributed by atoms with E-state index in [-0.39, 0.29) is 11.9 Å². The molecule has 1 atom stereocenters. The van der Waals surface area contributed by atoms with Gasteiger partial charge in [-0.1, -0.05) is 24.3 Å². The maximum atomic E-state index is 12.3. The second-order valence-corrected chi connectivity index (χ2v) is 5.18. The number of hydrogen-bond acceptors (Lipinski definition) is 4. The zero-order valence-electron chi connectivity index (χ0n) is 13.0. The predicted octanol–water partition coefficient (Wildman–Crippen LogP) is 2.46. The van der Waals surface area contributed by atoms with Crippen molar-refractivity contribution in [3.63, 3.8) is 0 Å². The highest BCUT2D eigenvalue weighted by Gasteiger charge is 2.19. The molecule has 2 aromatic heterocycles. The molecule has 1 unspecified atom stereocenters. The Balaban J connectivity index is 1.86. The lowest BCUT2D eigenvalue weighted by atomic mass is 10.2. The van der Waals surface area contributed by atoms with Gasteiger partial charge >= 0.3 is 0 Å².